The second-order valence-corrected chi connectivity index (χ2v) is 5.55. The lowest BCUT2D eigenvalue weighted by atomic mass is 10.2. The van der Waals surface area contributed by atoms with Gasteiger partial charge in [0, 0.05) is 34.5 Å². The van der Waals surface area contributed by atoms with Crippen molar-refractivity contribution in [1.29, 1.82) is 0 Å². The van der Waals surface area contributed by atoms with Crippen molar-refractivity contribution in [3.63, 3.8) is 0 Å². The lowest BCUT2D eigenvalue weighted by molar-refractivity contribution is -0.114. The maximum absolute atomic E-state index is 9.44. The Balaban J connectivity index is -0.0000000402. The van der Waals surface area contributed by atoms with E-state index in [-0.39, 0.29) is 34.2 Å². The van der Waals surface area contributed by atoms with Gasteiger partial charge in [-0.2, -0.15) is 0 Å². The third-order valence-electron chi connectivity index (χ3n) is 1.71. The van der Waals surface area contributed by atoms with E-state index in [9.17, 15) is 4.79 Å². The van der Waals surface area contributed by atoms with Gasteiger partial charge in [0.1, 0.15) is 5.78 Å². The molecule has 0 bridgehead atoms. The van der Waals surface area contributed by atoms with Gasteiger partial charge in [-0.05, 0) is 41.5 Å². The number of aryl methyl sites for hydroxylation is 2. The quantitative estimate of drug-likeness (QED) is 0.646. The molecule has 174 valence electrons. The Labute approximate surface area is 177 Å². The molecule has 0 aliphatic heterocycles. The molecule has 0 aliphatic rings. The predicted octanol–water partition coefficient (Wildman–Crippen LogP) is 5.74. The fourth-order valence-corrected chi connectivity index (χ4v) is 0.804. The molecule has 1 N–H and O–H groups in total. The number of methoxy groups -OCH3 is 3. The molecular weight excluding hydrogens is 356 g/mol. The Bertz CT molecular complexity index is 317. The van der Waals surface area contributed by atoms with Crippen LogP contribution in [0.4, 0.5) is 0 Å². The van der Waals surface area contributed by atoms with Crippen molar-refractivity contribution in [3.05, 3.63) is 35.4 Å². The fraction of sp³-hybridized carbons (Fsp3) is 0.696. The zero-order valence-corrected chi connectivity index (χ0v) is 17.9. The Morgan fingerprint density at radius 2 is 0.964 bits per heavy atom. The Morgan fingerprint density at radius 1 is 0.821 bits per heavy atom. The van der Waals surface area contributed by atoms with Crippen LogP contribution in [0.1, 0.15) is 61.1 Å². The number of rotatable bonds is 3. The molecule has 0 atom stereocenters. The first-order chi connectivity index (χ1) is 11.6. The van der Waals surface area contributed by atoms with E-state index in [1.54, 1.807) is 42.3 Å². The van der Waals surface area contributed by atoms with Crippen molar-refractivity contribution in [2.24, 2.45) is 0 Å². The molecule has 5 heteroatoms. The average Bonchev–Trinajstić information content (AvgIpc) is 2.48. The molecule has 0 saturated carbocycles. The monoisotopic (exact) mass is 408 g/mol. The van der Waals surface area contributed by atoms with Crippen molar-refractivity contribution in [2.45, 2.75) is 69.9 Å². The SMILES string of the molecule is C.C.C.CC(C)=O.CC(C)O.COC.COCCOC.Cc1ccc(C)cc1. The summed E-state index contributed by atoms with van der Waals surface area (Å²) < 4.78 is 13.6. The number of carbonyl (C=O) groups is 1. The van der Waals surface area contributed by atoms with Gasteiger partial charge in [0.2, 0.25) is 0 Å². The lowest BCUT2D eigenvalue weighted by Gasteiger charge is -1.91. The molecule has 5 nitrogen and oxygen atoms in total. The summed E-state index contributed by atoms with van der Waals surface area (Å²) in [6.07, 6.45) is -0.167. The molecule has 1 aromatic carbocycles. The van der Waals surface area contributed by atoms with Gasteiger partial charge in [0.15, 0.2) is 0 Å². The van der Waals surface area contributed by atoms with Crippen LogP contribution < -0.4 is 0 Å². The summed E-state index contributed by atoms with van der Waals surface area (Å²) in [7, 11) is 6.55. The van der Waals surface area contributed by atoms with E-state index in [0.29, 0.717) is 13.2 Å². The summed E-state index contributed by atoms with van der Waals surface area (Å²) in [6.45, 7) is 12.1. The molecule has 0 spiro atoms. The lowest BCUT2D eigenvalue weighted by Crippen LogP contribution is -1.96. The number of hydrogen-bond acceptors (Lipinski definition) is 5. The van der Waals surface area contributed by atoms with E-state index >= 15 is 0 Å². The van der Waals surface area contributed by atoms with Crippen molar-refractivity contribution < 1.29 is 24.1 Å². The van der Waals surface area contributed by atoms with Crippen molar-refractivity contribution in [2.75, 3.05) is 41.7 Å². The number of aliphatic hydroxyl groups is 1. The Kier molecular flexibility index (Phi) is 65.6. The summed E-state index contributed by atoms with van der Waals surface area (Å²) >= 11 is 0. The summed E-state index contributed by atoms with van der Waals surface area (Å²) in [5.41, 5.74) is 2.66. The first kappa shape index (κ1) is 45.5. The van der Waals surface area contributed by atoms with Gasteiger partial charge in [-0.1, -0.05) is 57.7 Å². The number of ketones is 1. The van der Waals surface area contributed by atoms with Gasteiger partial charge in [-0.25, -0.2) is 0 Å². The molecule has 0 radical (unpaired) electrons. The largest absolute Gasteiger partial charge is 0.394 e. The van der Waals surface area contributed by atoms with Crippen LogP contribution in [0, 0.1) is 13.8 Å². The second-order valence-electron chi connectivity index (χ2n) is 5.55. The van der Waals surface area contributed by atoms with Crippen molar-refractivity contribution in [3.8, 4) is 0 Å². The van der Waals surface area contributed by atoms with Crippen LogP contribution in [0.2, 0.25) is 0 Å². The van der Waals surface area contributed by atoms with Gasteiger partial charge in [0.25, 0.3) is 0 Å². The van der Waals surface area contributed by atoms with E-state index in [2.05, 4.69) is 52.3 Å². The minimum absolute atomic E-state index is 0. The fourth-order valence-electron chi connectivity index (χ4n) is 0.804. The molecule has 0 unspecified atom stereocenters. The van der Waals surface area contributed by atoms with E-state index < -0.39 is 0 Å². The van der Waals surface area contributed by atoms with Gasteiger partial charge >= 0.3 is 0 Å². The highest BCUT2D eigenvalue weighted by molar-refractivity contribution is 5.72. The van der Waals surface area contributed by atoms with Gasteiger partial charge in [-0.15, -0.1) is 0 Å². The second kappa shape index (κ2) is 40.4. The third-order valence-corrected chi connectivity index (χ3v) is 1.71. The summed E-state index contributed by atoms with van der Waals surface area (Å²) in [5.74, 6) is 0.167. The number of aliphatic hydroxyl groups excluding tert-OH is 1. The molecule has 1 rings (SSSR count). The van der Waals surface area contributed by atoms with Gasteiger partial charge in [-0.3, -0.25) is 0 Å². The van der Waals surface area contributed by atoms with E-state index in [4.69, 9.17) is 5.11 Å². The number of Topliss-reactive ketones (excluding diaryl/α,β-unsaturated/α-hetero) is 1. The van der Waals surface area contributed by atoms with Crippen molar-refractivity contribution in [1.82, 2.24) is 0 Å². The van der Waals surface area contributed by atoms with Gasteiger partial charge < -0.3 is 24.1 Å². The zero-order chi connectivity index (χ0) is 20.7. The highest BCUT2D eigenvalue weighted by atomic mass is 16.5. The minimum Gasteiger partial charge on any atom is -0.394 e. The highest BCUT2D eigenvalue weighted by Gasteiger charge is 1.79. The maximum atomic E-state index is 9.44. The molecule has 0 saturated heterocycles. The normalized spacial score (nSPS) is 7.43. The molecule has 28 heavy (non-hydrogen) atoms. The molecule has 0 aromatic heterocycles. The first-order valence-electron chi connectivity index (χ1n) is 8.15. The molecule has 1 aromatic rings. The van der Waals surface area contributed by atoms with Crippen LogP contribution in [-0.4, -0.2) is 58.6 Å². The number of ether oxygens (including phenoxy) is 3. The smallest absolute Gasteiger partial charge is 0.126 e. The number of carbonyl (C=O) groups excluding carboxylic acids is 1. The third kappa shape index (κ3) is 101. The standard InChI is InChI=1S/C8H10.C4H10O2.C3H8O.C3H6O.C2H6O.3CH4/c1-7-3-5-8(2)6-4-7;1-5-3-4-6-2;2*1-3(2)4;1-3-2;;;/h3-6H,1-2H3;3-4H2,1-2H3;3-4H,1-2H3;1-2H3;1-2H3;3*1H4. The molecule has 0 heterocycles. The zero-order valence-electron chi connectivity index (χ0n) is 17.9. The Morgan fingerprint density at radius 3 is 1.07 bits per heavy atom. The Hall–Kier alpha value is -1.27. The van der Waals surface area contributed by atoms with Crippen LogP contribution in [-0.2, 0) is 19.0 Å². The maximum Gasteiger partial charge on any atom is 0.126 e. The predicted molar refractivity (Wildman–Crippen MR) is 127 cm³/mol. The van der Waals surface area contributed by atoms with Crippen LogP contribution in [0.15, 0.2) is 24.3 Å². The summed E-state index contributed by atoms with van der Waals surface area (Å²) in [6, 6.07) is 8.48. The van der Waals surface area contributed by atoms with Crippen molar-refractivity contribution >= 4 is 5.78 Å². The van der Waals surface area contributed by atoms with Crippen LogP contribution in [0.3, 0.4) is 0 Å². The first-order valence-corrected chi connectivity index (χ1v) is 8.15. The number of benzene rings is 1. The van der Waals surface area contributed by atoms with E-state index in [1.165, 1.54) is 25.0 Å². The molecule has 0 fully saturated rings. The highest BCUT2D eigenvalue weighted by Crippen LogP contribution is 1.99. The minimum atomic E-state index is -0.167. The summed E-state index contributed by atoms with van der Waals surface area (Å²) in [4.78, 5) is 9.44. The van der Waals surface area contributed by atoms with E-state index in [0.717, 1.165) is 0 Å². The van der Waals surface area contributed by atoms with Crippen LogP contribution in [0.25, 0.3) is 0 Å². The van der Waals surface area contributed by atoms with Crippen LogP contribution in [0.5, 0.6) is 0 Å². The molecule has 0 aliphatic carbocycles. The average molecular weight is 409 g/mol. The van der Waals surface area contributed by atoms with E-state index in [1.807, 2.05) is 0 Å². The van der Waals surface area contributed by atoms with Gasteiger partial charge in [0.05, 0.1) is 13.2 Å². The molecular formula is C23H52O5. The van der Waals surface area contributed by atoms with Crippen LogP contribution >= 0.6 is 0 Å². The summed E-state index contributed by atoms with van der Waals surface area (Å²) in [5, 5.41) is 8.06. The number of hydrogen-bond donors (Lipinski definition) is 1. The topological polar surface area (TPSA) is 65.0 Å². The molecule has 0 amide bonds.